The van der Waals surface area contributed by atoms with Gasteiger partial charge in [-0.1, -0.05) is 41.7 Å². The standard InChI is InChI=1S/C16H12N4O4S2/c1-9-13(26-16(17-9)10-5-3-2-4-6-10)15(22)19-18-14(21)11-7-8-12(25-11)20(23)24/h2-8H,1H3,(H,18,21)(H,19,22). The molecule has 0 unspecified atom stereocenters. The minimum absolute atomic E-state index is 0.128. The number of nitro groups is 1. The van der Waals surface area contributed by atoms with E-state index in [4.69, 9.17) is 0 Å². The van der Waals surface area contributed by atoms with Gasteiger partial charge in [-0.15, -0.1) is 11.3 Å². The van der Waals surface area contributed by atoms with Crippen LogP contribution in [0.4, 0.5) is 5.00 Å². The lowest BCUT2D eigenvalue weighted by Gasteiger charge is -2.04. The molecule has 2 heterocycles. The van der Waals surface area contributed by atoms with Gasteiger partial charge < -0.3 is 0 Å². The molecular weight excluding hydrogens is 376 g/mol. The minimum Gasteiger partial charge on any atom is -0.266 e. The molecule has 0 fully saturated rings. The largest absolute Gasteiger partial charge is 0.324 e. The molecule has 2 amide bonds. The zero-order valence-corrected chi connectivity index (χ0v) is 15.0. The van der Waals surface area contributed by atoms with E-state index in [0.29, 0.717) is 15.6 Å². The molecule has 1 aromatic carbocycles. The fourth-order valence-corrected chi connectivity index (χ4v) is 3.77. The van der Waals surface area contributed by atoms with Gasteiger partial charge in [0.2, 0.25) is 0 Å². The van der Waals surface area contributed by atoms with Gasteiger partial charge in [0.25, 0.3) is 11.8 Å². The van der Waals surface area contributed by atoms with Crippen molar-refractivity contribution in [3.8, 4) is 10.6 Å². The summed E-state index contributed by atoms with van der Waals surface area (Å²) in [6.45, 7) is 1.71. The fourth-order valence-electron chi connectivity index (χ4n) is 2.09. The van der Waals surface area contributed by atoms with Crippen LogP contribution in [0, 0.1) is 17.0 Å². The minimum atomic E-state index is -0.623. The number of hydrazine groups is 1. The number of amides is 2. The first-order chi connectivity index (χ1) is 12.5. The summed E-state index contributed by atoms with van der Waals surface area (Å²) in [5, 5.41) is 11.2. The number of aromatic nitrogens is 1. The van der Waals surface area contributed by atoms with E-state index in [1.807, 2.05) is 30.3 Å². The first-order valence-corrected chi connectivity index (χ1v) is 8.97. The third kappa shape index (κ3) is 3.76. The summed E-state index contributed by atoms with van der Waals surface area (Å²) in [7, 11) is 0. The second kappa shape index (κ2) is 7.42. The Kier molecular flexibility index (Phi) is 5.05. The second-order valence-corrected chi connectivity index (χ2v) is 7.16. The molecule has 0 atom stereocenters. The Bertz CT molecular complexity index is 981. The molecule has 0 saturated carbocycles. The van der Waals surface area contributed by atoms with Gasteiger partial charge >= 0.3 is 5.00 Å². The summed E-state index contributed by atoms with van der Waals surface area (Å²) in [6.07, 6.45) is 0. The number of nitrogens with zero attached hydrogens (tertiary/aromatic N) is 2. The van der Waals surface area contributed by atoms with Crippen LogP contribution in [0.3, 0.4) is 0 Å². The molecule has 3 aromatic rings. The van der Waals surface area contributed by atoms with Crippen LogP contribution >= 0.6 is 22.7 Å². The lowest BCUT2D eigenvalue weighted by atomic mass is 10.2. The van der Waals surface area contributed by atoms with E-state index >= 15 is 0 Å². The summed E-state index contributed by atoms with van der Waals surface area (Å²) >= 11 is 1.94. The Morgan fingerprint density at radius 1 is 1.04 bits per heavy atom. The third-order valence-electron chi connectivity index (χ3n) is 3.31. The Morgan fingerprint density at radius 2 is 1.73 bits per heavy atom. The van der Waals surface area contributed by atoms with Crippen molar-refractivity contribution in [3.63, 3.8) is 0 Å². The molecule has 0 spiro atoms. The molecular formula is C16H12N4O4S2. The maximum atomic E-state index is 12.3. The number of thiazole rings is 1. The maximum Gasteiger partial charge on any atom is 0.324 e. The molecule has 132 valence electrons. The number of carbonyl (C=O) groups is 2. The van der Waals surface area contributed by atoms with Crippen molar-refractivity contribution in [2.75, 3.05) is 0 Å². The highest BCUT2D eigenvalue weighted by molar-refractivity contribution is 7.17. The Labute approximate surface area is 155 Å². The molecule has 2 aromatic heterocycles. The molecule has 10 heteroatoms. The van der Waals surface area contributed by atoms with E-state index in [2.05, 4.69) is 15.8 Å². The molecule has 0 bridgehead atoms. The van der Waals surface area contributed by atoms with E-state index < -0.39 is 16.7 Å². The highest BCUT2D eigenvalue weighted by Gasteiger charge is 2.19. The van der Waals surface area contributed by atoms with Gasteiger partial charge in [-0.25, -0.2) is 4.98 Å². The van der Waals surface area contributed by atoms with Crippen molar-refractivity contribution >= 4 is 39.5 Å². The Hall–Kier alpha value is -3.11. The third-order valence-corrected chi connectivity index (χ3v) is 5.55. The number of rotatable bonds is 4. The molecule has 0 aliphatic heterocycles. The summed E-state index contributed by atoms with van der Waals surface area (Å²) < 4.78 is 0. The van der Waals surface area contributed by atoms with Gasteiger partial charge in [-0.3, -0.25) is 30.6 Å². The number of nitrogens with one attached hydrogen (secondary N) is 2. The Morgan fingerprint density at radius 3 is 2.38 bits per heavy atom. The van der Waals surface area contributed by atoms with Gasteiger partial charge in [-0.2, -0.15) is 0 Å². The zero-order valence-electron chi connectivity index (χ0n) is 13.4. The lowest BCUT2D eigenvalue weighted by Crippen LogP contribution is -2.41. The topological polar surface area (TPSA) is 114 Å². The van der Waals surface area contributed by atoms with Crippen LogP contribution in [0.15, 0.2) is 42.5 Å². The molecule has 0 aliphatic rings. The van der Waals surface area contributed by atoms with Crippen LogP contribution in [0.5, 0.6) is 0 Å². The molecule has 0 saturated heterocycles. The summed E-state index contributed by atoms with van der Waals surface area (Å²) in [5.41, 5.74) is 6.01. The highest BCUT2D eigenvalue weighted by Crippen LogP contribution is 2.27. The summed E-state index contributed by atoms with van der Waals surface area (Å²) in [5.74, 6) is -1.12. The average Bonchev–Trinajstić information content (AvgIpc) is 3.27. The highest BCUT2D eigenvalue weighted by atomic mass is 32.1. The average molecular weight is 388 g/mol. The van der Waals surface area contributed by atoms with Crippen LogP contribution in [-0.4, -0.2) is 21.7 Å². The van der Waals surface area contributed by atoms with E-state index in [1.165, 1.54) is 23.5 Å². The molecule has 2 N–H and O–H groups in total. The van der Waals surface area contributed by atoms with E-state index in [-0.39, 0.29) is 9.88 Å². The summed E-state index contributed by atoms with van der Waals surface area (Å²) in [4.78, 5) is 39.2. The number of hydrogen-bond donors (Lipinski definition) is 2. The Balaban J connectivity index is 1.67. The van der Waals surface area contributed by atoms with Crippen LogP contribution < -0.4 is 10.9 Å². The molecule has 0 aliphatic carbocycles. The second-order valence-electron chi connectivity index (χ2n) is 5.10. The van der Waals surface area contributed by atoms with Crippen molar-refractivity contribution in [1.82, 2.24) is 15.8 Å². The number of aryl methyl sites for hydroxylation is 1. The monoisotopic (exact) mass is 388 g/mol. The lowest BCUT2D eigenvalue weighted by molar-refractivity contribution is -0.380. The van der Waals surface area contributed by atoms with E-state index in [9.17, 15) is 19.7 Å². The predicted octanol–water partition coefficient (Wildman–Crippen LogP) is 3.16. The SMILES string of the molecule is Cc1nc(-c2ccccc2)sc1C(=O)NNC(=O)c1ccc([N+](=O)[O-])s1. The van der Waals surface area contributed by atoms with Crippen molar-refractivity contribution in [3.05, 3.63) is 68.0 Å². The zero-order chi connectivity index (χ0) is 18.7. The molecule has 3 rings (SSSR count). The van der Waals surface area contributed by atoms with Crippen molar-refractivity contribution < 1.29 is 14.5 Å². The first kappa shape index (κ1) is 17.7. The maximum absolute atomic E-state index is 12.3. The number of carbonyl (C=O) groups excluding carboxylic acids is 2. The molecule has 26 heavy (non-hydrogen) atoms. The van der Waals surface area contributed by atoms with Gasteiger partial charge in [-0.05, 0) is 13.0 Å². The predicted molar refractivity (Wildman–Crippen MR) is 98.2 cm³/mol. The van der Waals surface area contributed by atoms with Gasteiger partial charge in [0.15, 0.2) is 0 Å². The van der Waals surface area contributed by atoms with Crippen molar-refractivity contribution in [1.29, 1.82) is 0 Å². The molecule has 8 nitrogen and oxygen atoms in total. The fraction of sp³-hybridized carbons (Fsp3) is 0.0625. The van der Waals surface area contributed by atoms with Gasteiger partial charge in [0.1, 0.15) is 14.8 Å². The van der Waals surface area contributed by atoms with Gasteiger partial charge in [0.05, 0.1) is 10.6 Å². The van der Waals surface area contributed by atoms with E-state index in [1.54, 1.807) is 6.92 Å². The van der Waals surface area contributed by atoms with Crippen LogP contribution in [0.25, 0.3) is 10.6 Å². The van der Waals surface area contributed by atoms with Crippen LogP contribution in [0.1, 0.15) is 25.0 Å². The summed E-state index contributed by atoms with van der Waals surface area (Å²) in [6, 6.07) is 12.0. The number of benzene rings is 1. The first-order valence-electron chi connectivity index (χ1n) is 7.33. The van der Waals surface area contributed by atoms with Gasteiger partial charge in [0, 0.05) is 11.6 Å². The van der Waals surface area contributed by atoms with E-state index in [0.717, 1.165) is 16.9 Å². The number of hydrogen-bond acceptors (Lipinski definition) is 7. The number of thiophene rings is 1. The normalized spacial score (nSPS) is 10.3. The van der Waals surface area contributed by atoms with Crippen LogP contribution in [-0.2, 0) is 0 Å². The van der Waals surface area contributed by atoms with Crippen molar-refractivity contribution in [2.24, 2.45) is 0 Å². The quantitative estimate of drug-likeness (QED) is 0.526. The molecule has 0 radical (unpaired) electrons. The van der Waals surface area contributed by atoms with Crippen molar-refractivity contribution in [2.45, 2.75) is 6.92 Å². The van der Waals surface area contributed by atoms with Crippen LogP contribution in [0.2, 0.25) is 0 Å². The smallest absolute Gasteiger partial charge is 0.266 e.